The van der Waals surface area contributed by atoms with E-state index in [1.807, 2.05) is 0 Å². The lowest BCUT2D eigenvalue weighted by atomic mass is 9.92. The van der Waals surface area contributed by atoms with Crippen LogP contribution < -0.4 is 4.90 Å². The Morgan fingerprint density at radius 3 is 2.24 bits per heavy atom. The predicted molar refractivity (Wildman–Crippen MR) is 115 cm³/mol. The number of ether oxygens (including phenoxy) is 2. The molecule has 0 bridgehead atoms. The van der Waals surface area contributed by atoms with Crippen LogP contribution in [0.1, 0.15) is 35.3 Å². The molecule has 2 heterocycles. The number of benzene rings is 2. The number of nitrogens with one attached hydrogen (secondary N) is 1. The Hall–Kier alpha value is -3.23. The zero-order chi connectivity index (χ0) is 27.0. The molecule has 3 atom stereocenters. The molecule has 14 heteroatoms. The van der Waals surface area contributed by atoms with Crippen LogP contribution in [0.4, 0.5) is 36.7 Å². The fourth-order valence-corrected chi connectivity index (χ4v) is 4.31. The summed E-state index contributed by atoms with van der Waals surface area (Å²) in [4.78, 5) is 5.62. The van der Waals surface area contributed by atoms with Gasteiger partial charge in [-0.2, -0.15) is 36.4 Å². The second-order valence-electron chi connectivity index (χ2n) is 8.31. The lowest BCUT2D eigenvalue weighted by Crippen LogP contribution is -2.61. The van der Waals surface area contributed by atoms with Crippen LogP contribution in [0.15, 0.2) is 48.8 Å². The molecule has 1 aliphatic rings. The van der Waals surface area contributed by atoms with E-state index in [4.69, 9.17) is 9.47 Å². The van der Waals surface area contributed by atoms with Crippen LogP contribution in [0, 0.1) is 5.82 Å². The molecule has 1 aliphatic heterocycles. The van der Waals surface area contributed by atoms with Gasteiger partial charge in [0.15, 0.2) is 5.72 Å². The molecule has 1 aromatic heterocycles. The molecule has 2 N–H and O–H groups in total. The summed E-state index contributed by atoms with van der Waals surface area (Å²) < 4.78 is 107. The maximum Gasteiger partial charge on any atom is 0.416 e. The molecule has 2 aromatic carbocycles. The van der Waals surface area contributed by atoms with Crippen LogP contribution in [0.25, 0.3) is 0 Å². The number of aromatic nitrogens is 3. The number of rotatable bonds is 6. The van der Waals surface area contributed by atoms with Crippen LogP contribution in [-0.4, -0.2) is 46.2 Å². The van der Waals surface area contributed by atoms with Crippen LogP contribution in [0.2, 0.25) is 0 Å². The average molecular weight is 534 g/mol. The molecule has 200 valence electrons. The summed E-state index contributed by atoms with van der Waals surface area (Å²) in [7, 11) is 0. The van der Waals surface area contributed by atoms with Gasteiger partial charge in [0.1, 0.15) is 24.4 Å². The normalized spacial score (nSPS) is 21.8. The van der Waals surface area contributed by atoms with E-state index in [0.717, 1.165) is 12.1 Å². The zero-order valence-corrected chi connectivity index (χ0v) is 19.1. The third-order valence-corrected chi connectivity index (χ3v) is 6.02. The monoisotopic (exact) mass is 534 g/mol. The third-order valence-electron chi connectivity index (χ3n) is 6.02. The molecule has 7 nitrogen and oxygen atoms in total. The number of anilines is 1. The van der Waals surface area contributed by atoms with Gasteiger partial charge in [-0.3, -0.25) is 0 Å². The number of morpholine rings is 1. The molecule has 37 heavy (non-hydrogen) atoms. The SMILES string of the molecule is C[C@H]1OCCN(c2ncn[nH]2)[C@]1(O[C@H](CO)c1cc(C(F)(F)F)cc(C(F)(F)F)c1)c1ccc(F)cc1. The van der Waals surface area contributed by atoms with Gasteiger partial charge in [0.05, 0.1) is 24.3 Å². The molecule has 0 radical (unpaired) electrons. The van der Waals surface area contributed by atoms with Gasteiger partial charge >= 0.3 is 12.4 Å². The number of nitrogens with zero attached hydrogens (tertiary/aromatic N) is 3. The second-order valence-corrected chi connectivity index (χ2v) is 8.31. The van der Waals surface area contributed by atoms with E-state index >= 15 is 0 Å². The number of aliphatic hydroxyl groups is 1. The van der Waals surface area contributed by atoms with Crippen LogP contribution in [0.3, 0.4) is 0 Å². The Labute approximate surface area is 205 Å². The van der Waals surface area contributed by atoms with Crippen molar-refractivity contribution in [2.24, 2.45) is 0 Å². The molecule has 1 fully saturated rings. The number of hydrogen-bond donors (Lipinski definition) is 2. The molecule has 0 saturated carbocycles. The highest BCUT2D eigenvalue weighted by atomic mass is 19.4. The van der Waals surface area contributed by atoms with Gasteiger partial charge in [-0.25, -0.2) is 9.49 Å². The molecule has 0 amide bonds. The highest BCUT2D eigenvalue weighted by molar-refractivity contribution is 5.42. The van der Waals surface area contributed by atoms with Crippen molar-refractivity contribution in [3.63, 3.8) is 0 Å². The van der Waals surface area contributed by atoms with E-state index in [-0.39, 0.29) is 30.7 Å². The van der Waals surface area contributed by atoms with Crippen molar-refractivity contribution in [1.82, 2.24) is 15.2 Å². The number of H-pyrrole nitrogens is 1. The number of alkyl halides is 6. The smallest absolute Gasteiger partial charge is 0.393 e. The van der Waals surface area contributed by atoms with E-state index in [9.17, 15) is 35.8 Å². The van der Waals surface area contributed by atoms with E-state index in [2.05, 4.69) is 15.2 Å². The Morgan fingerprint density at radius 2 is 1.73 bits per heavy atom. The molecule has 1 saturated heterocycles. The van der Waals surface area contributed by atoms with E-state index in [1.54, 1.807) is 6.92 Å². The van der Waals surface area contributed by atoms with Crippen LogP contribution in [-0.2, 0) is 27.6 Å². The molecule has 3 aromatic rings. The lowest BCUT2D eigenvalue weighted by molar-refractivity contribution is -0.202. The van der Waals surface area contributed by atoms with Gasteiger partial charge in [0.2, 0.25) is 5.95 Å². The van der Waals surface area contributed by atoms with Gasteiger partial charge in [0.25, 0.3) is 0 Å². The second kappa shape index (κ2) is 9.91. The summed E-state index contributed by atoms with van der Waals surface area (Å²) >= 11 is 0. The van der Waals surface area contributed by atoms with Crippen molar-refractivity contribution < 1.29 is 45.3 Å². The number of hydrogen-bond acceptors (Lipinski definition) is 6. The van der Waals surface area contributed by atoms with Gasteiger partial charge < -0.3 is 19.5 Å². The molecular formula is C23H21F7N4O3. The Bertz CT molecular complexity index is 1170. The van der Waals surface area contributed by atoms with Gasteiger partial charge in [-0.15, -0.1) is 0 Å². The topological polar surface area (TPSA) is 83.5 Å². The molecular weight excluding hydrogens is 513 g/mol. The van der Waals surface area contributed by atoms with Crippen LogP contribution in [0.5, 0.6) is 0 Å². The maximum atomic E-state index is 13.8. The summed E-state index contributed by atoms with van der Waals surface area (Å²) in [6, 6.07) is 5.86. The minimum atomic E-state index is -5.10. The Balaban J connectivity index is 1.89. The summed E-state index contributed by atoms with van der Waals surface area (Å²) in [5.41, 5.74) is -5.21. The predicted octanol–water partition coefficient (Wildman–Crippen LogP) is 4.81. The quantitative estimate of drug-likeness (QED) is 0.442. The van der Waals surface area contributed by atoms with E-state index < -0.39 is 59.4 Å². The van der Waals surface area contributed by atoms with E-state index in [1.165, 1.54) is 23.4 Å². The fraction of sp³-hybridized carbons (Fsp3) is 0.391. The summed E-state index contributed by atoms with van der Waals surface area (Å²) in [5.74, 6) is -0.447. The van der Waals surface area contributed by atoms with Gasteiger partial charge in [-0.05, 0) is 42.8 Å². The highest BCUT2D eigenvalue weighted by Gasteiger charge is 2.51. The van der Waals surface area contributed by atoms with Crippen molar-refractivity contribution in [3.8, 4) is 0 Å². The maximum absolute atomic E-state index is 13.8. The lowest BCUT2D eigenvalue weighted by Gasteiger charge is -2.51. The summed E-state index contributed by atoms with van der Waals surface area (Å²) in [5, 5.41) is 16.6. The molecule has 0 unspecified atom stereocenters. The average Bonchev–Trinajstić information content (AvgIpc) is 3.37. The third kappa shape index (κ3) is 5.26. The molecule has 0 aliphatic carbocycles. The number of aromatic amines is 1. The first-order valence-corrected chi connectivity index (χ1v) is 10.9. The van der Waals surface area contributed by atoms with Crippen molar-refractivity contribution in [3.05, 3.63) is 76.9 Å². The van der Waals surface area contributed by atoms with E-state index in [0.29, 0.717) is 12.1 Å². The highest BCUT2D eigenvalue weighted by Crippen LogP contribution is 2.45. The molecule has 4 rings (SSSR count). The molecule has 0 spiro atoms. The van der Waals surface area contributed by atoms with Crippen molar-refractivity contribution >= 4 is 5.95 Å². The summed E-state index contributed by atoms with van der Waals surface area (Å²) in [6.07, 6.45) is -11.6. The first-order chi connectivity index (χ1) is 17.4. The van der Waals surface area contributed by atoms with Crippen molar-refractivity contribution in [2.75, 3.05) is 24.7 Å². The van der Waals surface area contributed by atoms with Crippen molar-refractivity contribution in [2.45, 2.75) is 37.2 Å². The minimum Gasteiger partial charge on any atom is -0.393 e. The first-order valence-electron chi connectivity index (χ1n) is 10.9. The summed E-state index contributed by atoms with van der Waals surface area (Å²) in [6.45, 7) is 0.831. The Kier molecular flexibility index (Phi) is 7.18. The number of aliphatic hydroxyl groups excluding tert-OH is 1. The number of halogens is 7. The first kappa shape index (κ1) is 26.8. The van der Waals surface area contributed by atoms with Gasteiger partial charge in [-0.1, -0.05) is 12.1 Å². The zero-order valence-electron chi connectivity index (χ0n) is 19.1. The Morgan fingerprint density at radius 1 is 1.11 bits per heavy atom. The standard InChI is InChI=1S/C23H21F7N4O3/c1-13-21(15-2-4-18(24)5-3-15,34(6-7-36-13)20-31-12-32-33-20)37-19(11-35)14-8-16(22(25,26)27)10-17(9-14)23(28,29)30/h2-5,8-10,12-13,19,35H,6-7,11H2,1H3,(H,31,32,33)/t13-,19-,21-/m1/s1. The largest absolute Gasteiger partial charge is 0.416 e. The minimum absolute atomic E-state index is 0.0131. The fourth-order valence-electron chi connectivity index (χ4n) is 4.31. The van der Waals surface area contributed by atoms with Crippen LogP contribution >= 0.6 is 0 Å². The van der Waals surface area contributed by atoms with Crippen molar-refractivity contribution in [1.29, 1.82) is 0 Å². The van der Waals surface area contributed by atoms with Gasteiger partial charge in [0, 0.05) is 12.1 Å².